The van der Waals surface area contributed by atoms with Crippen LogP contribution < -0.4 is 5.32 Å². The van der Waals surface area contributed by atoms with Gasteiger partial charge in [0.25, 0.3) is 5.91 Å². The molecule has 1 heterocycles. The van der Waals surface area contributed by atoms with Crippen LogP contribution in [0.5, 0.6) is 0 Å². The molecule has 5 heteroatoms. The van der Waals surface area contributed by atoms with Crippen LogP contribution in [0.1, 0.15) is 46.4 Å². The van der Waals surface area contributed by atoms with Gasteiger partial charge in [-0.2, -0.15) is 0 Å². The van der Waals surface area contributed by atoms with Gasteiger partial charge in [0.2, 0.25) is 5.91 Å². The standard InChI is InChI=1S/C24H24N2O3/c1-14-5-4-6-15(2)22(14)24(29)26-16(3)11-18-12-19(8-10-21(18)26)25-23(28)17-7-9-20(27)13-17/h4-6,8,10-12,17H,7,9,13H2,1-3H3,(H,25,28). The number of carbonyl (C=O) groups excluding carboxylic acids is 3. The number of ketones is 1. The van der Waals surface area contributed by atoms with Crippen molar-refractivity contribution in [3.8, 4) is 0 Å². The first-order valence-corrected chi connectivity index (χ1v) is 9.90. The third kappa shape index (κ3) is 3.48. The van der Waals surface area contributed by atoms with Crippen molar-refractivity contribution in [3.05, 3.63) is 64.8 Å². The van der Waals surface area contributed by atoms with E-state index >= 15 is 0 Å². The second-order valence-corrected chi connectivity index (χ2v) is 7.93. The zero-order valence-corrected chi connectivity index (χ0v) is 16.9. The minimum Gasteiger partial charge on any atom is -0.326 e. The second kappa shape index (κ2) is 7.32. The Hall–Kier alpha value is -3.21. The maximum Gasteiger partial charge on any atom is 0.263 e. The van der Waals surface area contributed by atoms with E-state index in [0.717, 1.165) is 33.3 Å². The molecule has 0 radical (unpaired) electrons. The summed E-state index contributed by atoms with van der Waals surface area (Å²) in [6.07, 6.45) is 1.43. The fraction of sp³-hybridized carbons (Fsp3) is 0.292. The molecule has 1 fully saturated rings. The summed E-state index contributed by atoms with van der Waals surface area (Å²) in [4.78, 5) is 37.2. The van der Waals surface area contributed by atoms with Crippen LogP contribution in [-0.4, -0.2) is 22.2 Å². The number of benzene rings is 2. The van der Waals surface area contributed by atoms with E-state index in [-0.39, 0.29) is 23.5 Å². The van der Waals surface area contributed by atoms with Gasteiger partial charge in [-0.15, -0.1) is 0 Å². The molecule has 1 aliphatic carbocycles. The molecule has 1 N–H and O–H groups in total. The van der Waals surface area contributed by atoms with E-state index in [1.807, 2.05) is 63.2 Å². The lowest BCUT2D eigenvalue weighted by atomic mass is 10.0. The van der Waals surface area contributed by atoms with Gasteiger partial charge in [-0.25, -0.2) is 0 Å². The van der Waals surface area contributed by atoms with Crippen LogP contribution in [-0.2, 0) is 9.59 Å². The molecular formula is C24H24N2O3. The fourth-order valence-electron chi connectivity index (χ4n) is 4.25. The van der Waals surface area contributed by atoms with Gasteiger partial charge in [0.05, 0.1) is 5.52 Å². The highest BCUT2D eigenvalue weighted by Crippen LogP contribution is 2.28. The maximum absolute atomic E-state index is 13.3. The number of rotatable bonds is 3. The van der Waals surface area contributed by atoms with Crippen LogP contribution in [0.25, 0.3) is 10.9 Å². The van der Waals surface area contributed by atoms with E-state index in [2.05, 4.69) is 5.32 Å². The van der Waals surface area contributed by atoms with Gasteiger partial charge in [-0.1, -0.05) is 18.2 Å². The summed E-state index contributed by atoms with van der Waals surface area (Å²) in [6, 6.07) is 13.4. The molecular weight excluding hydrogens is 364 g/mol. The van der Waals surface area contributed by atoms with Crippen molar-refractivity contribution in [1.29, 1.82) is 0 Å². The van der Waals surface area contributed by atoms with Crippen molar-refractivity contribution in [1.82, 2.24) is 4.57 Å². The molecule has 1 aliphatic rings. The number of amides is 1. The number of fused-ring (bicyclic) bond motifs is 1. The van der Waals surface area contributed by atoms with Crippen LogP contribution in [0.3, 0.4) is 0 Å². The van der Waals surface area contributed by atoms with E-state index < -0.39 is 0 Å². The summed E-state index contributed by atoms with van der Waals surface area (Å²) in [5.41, 5.74) is 4.95. The lowest BCUT2D eigenvalue weighted by Gasteiger charge is -2.13. The quantitative estimate of drug-likeness (QED) is 0.715. The average Bonchev–Trinajstić information content (AvgIpc) is 3.23. The molecule has 1 amide bonds. The van der Waals surface area contributed by atoms with Crippen molar-refractivity contribution in [2.24, 2.45) is 5.92 Å². The molecule has 5 nitrogen and oxygen atoms in total. The average molecular weight is 388 g/mol. The molecule has 1 atom stereocenters. The minimum atomic E-state index is -0.241. The molecule has 0 saturated heterocycles. The Bertz CT molecular complexity index is 1140. The SMILES string of the molecule is Cc1cccc(C)c1C(=O)n1c(C)cc2cc(NC(=O)C3CCC(=O)C3)ccc21. The highest BCUT2D eigenvalue weighted by atomic mass is 16.2. The smallest absolute Gasteiger partial charge is 0.263 e. The summed E-state index contributed by atoms with van der Waals surface area (Å²) in [7, 11) is 0. The first-order valence-electron chi connectivity index (χ1n) is 9.90. The van der Waals surface area contributed by atoms with Gasteiger partial charge in [0.1, 0.15) is 5.78 Å². The predicted molar refractivity (Wildman–Crippen MR) is 113 cm³/mol. The minimum absolute atomic E-state index is 0.0469. The van der Waals surface area contributed by atoms with Crippen LogP contribution in [0.2, 0.25) is 0 Å². The summed E-state index contributed by atoms with van der Waals surface area (Å²) in [6.45, 7) is 5.80. The van der Waals surface area contributed by atoms with Crippen molar-refractivity contribution in [3.63, 3.8) is 0 Å². The first-order chi connectivity index (χ1) is 13.8. The molecule has 1 aromatic heterocycles. The Morgan fingerprint density at radius 1 is 1.03 bits per heavy atom. The van der Waals surface area contributed by atoms with E-state index in [9.17, 15) is 14.4 Å². The fourth-order valence-corrected chi connectivity index (χ4v) is 4.25. The molecule has 0 bridgehead atoms. The van der Waals surface area contributed by atoms with Crippen LogP contribution in [0, 0.1) is 26.7 Å². The largest absolute Gasteiger partial charge is 0.326 e. The van der Waals surface area contributed by atoms with Gasteiger partial charge in [0, 0.05) is 41.1 Å². The third-order valence-electron chi connectivity index (χ3n) is 5.77. The van der Waals surface area contributed by atoms with Crippen molar-refractivity contribution in [2.45, 2.75) is 40.0 Å². The van der Waals surface area contributed by atoms with E-state index in [4.69, 9.17) is 0 Å². The van der Waals surface area contributed by atoms with Crippen molar-refractivity contribution >= 4 is 34.2 Å². The Labute approximate surface area is 169 Å². The molecule has 4 rings (SSSR count). The maximum atomic E-state index is 13.3. The molecule has 0 spiro atoms. The first kappa shape index (κ1) is 19.1. The number of hydrogen-bond donors (Lipinski definition) is 1. The Morgan fingerprint density at radius 3 is 2.41 bits per heavy atom. The predicted octanol–water partition coefficient (Wildman–Crippen LogP) is 4.56. The summed E-state index contributed by atoms with van der Waals surface area (Å²) < 4.78 is 1.73. The zero-order valence-electron chi connectivity index (χ0n) is 16.9. The number of Topliss-reactive ketones (excluding diaryl/α,β-unsaturated/α-hetero) is 1. The highest BCUT2D eigenvalue weighted by molar-refractivity contribution is 6.06. The number of hydrogen-bond acceptors (Lipinski definition) is 3. The second-order valence-electron chi connectivity index (χ2n) is 7.93. The lowest BCUT2D eigenvalue weighted by Crippen LogP contribution is -2.20. The monoisotopic (exact) mass is 388 g/mol. The van der Waals surface area contributed by atoms with Crippen molar-refractivity contribution in [2.75, 3.05) is 5.32 Å². The Morgan fingerprint density at radius 2 is 1.76 bits per heavy atom. The van der Waals surface area contributed by atoms with Gasteiger partial charge in [-0.3, -0.25) is 19.0 Å². The normalized spacial score (nSPS) is 16.4. The van der Waals surface area contributed by atoms with Crippen LogP contribution >= 0.6 is 0 Å². The molecule has 29 heavy (non-hydrogen) atoms. The zero-order chi connectivity index (χ0) is 20.7. The third-order valence-corrected chi connectivity index (χ3v) is 5.77. The van der Waals surface area contributed by atoms with Gasteiger partial charge >= 0.3 is 0 Å². The van der Waals surface area contributed by atoms with E-state index in [0.29, 0.717) is 24.9 Å². The van der Waals surface area contributed by atoms with Gasteiger partial charge in [-0.05, 0) is 62.6 Å². The number of nitrogens with one attached hydrogen (secondary N) is 1. The van der Waals surface area contributed by atoms with Gasteiger partial charge in [0.15, 0.2) is 0 Å². The number of anilines is 1. The number of aromatic nitrogens is 1. The molecule has 2 aromatic carbocycles. The topological polar surface area (TPSA) is 68.2 Å². The molecule has 0 aliphatic heterocycles. The number of carbonyl (C=O) groups is 3. The number of aryl methyl sites for hydroxylation is 3. The summed E-state index contributed by atoms with van der Waals surface area (Å²) >= 11 is 0. The molecule has 148 valence electrons. The highest BCUT2D eigenvalue weighted by Gasteiger charge is 2.28. The van der Waals surface area contributed by atoms with Crippen molar-refractivity contribution < 1.29 is 14.4 Å². The summed E-state index contributed by atoms with van der Waals surface area (Å²) in [5, 5.41) is 3.81. The number of nitrogens with zero attached hydrogens (tertiary/aromatic N) is 1. The molecule has 1 unspecified atom stereocenters. The van der Waals surface area contributed by atoms with Crippen LogP contribution in [0.15, 0.2) is 42.5 Å². The lowest BCUT2D eigenvalue weighted by molar-refractivity contribution is -0.122. The van der Waals surface area contributed by atoms with Gasteiger partial charge < -0.3 is 5.32 Å². The Balaban J connectivity index is 1.66. The van der Waals surface area contributed by atoms with E-state index in [1.165, 1.54) is 0 Å². The Kier molecular flexibility index (Phi) is 4.82. The van der Waals surface area contributed by atoms with Crippen LogP contribution in [0.4, 0.5) is 5.69 Å². The molecule has 1 saturated carbocycles. The summed E-state index contributed by atoms with van der Waals surface area (Å²) in [5.74, 6) is -0.249. The molecule has 3 aromatic rings. The van der Waals surface area contributed by atoms with E-state index in [1.54, 1.807) is 4.57 Å².